The summed E-state index contributed by atoms with van der Waals surface area (Å²) < 4.78 is 17.5. The molecule has 0 aliphatic heterocycles. The van der Waals surface area contributed by atoms with Crippen molar-refractivity contribution in [3.63, 3.8) is 0 Å². The molecule has 0 aliphatic carbocycles. The molecular weight excluding hydrogens is 306 g/mol. The predicted octanol–water partition coefficient (Wildman–Crippen LogP) is 3.47. The molecule has 1 aromatic carbocycles. The van der Waals surface area contributed by atoms with Crippen molar-refractivity contribution >= 4 is 20.4 Å². The summed E-state index contributed by atoms with van der Waals surface area (Å²) in [5.74, 6) is 0. The second-order valence-electron chi connectivity index (χ2n) is 4.63. The molecule has 0 aromatic heterocycles. The number of hydrogen-bond donors (Lipinski definition) is 1. The number of nitrogens with two attached hydrogens (primary N) is 1. The standard InChI is InChI=1S/C15H26ClNO3Si/c1-4-18-21(19-5-2,20-6-3)12-11-13-7-9-14(10-8-13)15(16)17/h7-10,15H,4-6,11-12,17H2,1-3H3. The molecule has 6 heteroatoms. The van der Waals surface area contributed by atoms with Gasteiger partial charge in [0.2, 0.25) is 0 Å². The van der Waals surface area contributed by atoms with Gasteiger partial charge in [-0.25, -0.2) is 0 Å². The quantitative estimate of drug-likeness (QED) is 0.405. The molecule has 2 N–H and O–H groups in total. The summed E-state index contributed by atoms with van der Waals surface area (Å²) in [6, 6.07) is 8.77. The van der Waals surface area contributed by atoms with Gasteiger partial charge in [0.25, 0.3) is 0 Å². The van der Waals surface area contributed by atoms with Gasteiger partial charge in [-0.1, -0.05) is 24.3 Å². The lowest BCUT2D eigenvalue weighted by atomic mass is 10.1. The molecule has 1 atom stereocenters. The van der Waals surface area contributed by atoms with Crippen molar-refractivity contribution in [2.24, 2.45) is 5.73 Å². The molecule has 0 spiro atoms. The Bertz CT molecular complexity index is 383. The Morgan fingerprint density at radius 1 is 1.00 bits per heavy atom. The van der Waals surface area contributed by atoms with Crippen molar-refractivity contribution in [2.45, 2.75) is 38.7 Å². The van der Waals surface area contributed by atoms with E-state index in [0.29, 0.717) is 19.8 Å². The maximum absolute atomic E-state index is 5.85. The summed E-state index contributed by atoms with van der Waals surface area (Å²) in [6.45, 7) is 7.72. The molecule has 4 nitrogen and oxygen atoms in total. The van der Waals surface area contributed by atoms with Gasteiger partial charge < -0.3 is 19.0 Å². The molecule has 1 unspecified atom stereocenters. The van der Waals surface area contributed by atoms with Crippen LogP contribution in [0.2, 0.25) is 6.04 Å². The molecule has 1 rings (SSSR count). The average molecular weight is 332 g/mol. The summed E-state index contributed by atoms with van der Waals surface area (Å²) >= 11 is 5.85. The first-order valence-corrected chi connectivity index (χ1v) is 9.84. The van der Waals surface area contributed by atoms with Gasteiger partial charge in [-0.3, -0.25) is 0 Å². The second kappa shape index (κ2) is 9.56. The average Bonchev–Trinajstić information content (AvgIpc) is 2.46. The number of halogens is 1. The van der Waals surface area contributed by atoms with E-state index in [2.05, 4.69) is 0 Å². The maximum atomic E-state index is 5.85. The second-order valence-corrected chi connectivity index (χ2v) is 7.83. The fraction of sp³-hybridized carbons (Fsp3) is 0.600. The highest BCUT2D eigenvalue weighted by Crippen LogP contribution is 2.21. The van der Waals surface area contributed by atoms with Gasteiger partial charge in [-0.15, -0.1) is 11.6 Å². The number of benzene rings is 1. The lowest BCUT2D eigenvalue weighted by Crippen LogP contribution is -2.46. The van der Waals surface area contributed by atoms with Crippen LogP contribution in [-0.4, -0.2) is 28.6 Å². The van der Waals surface area contributed by atoms with E-state index in [1.807, 2.05) is 45.0 Å². The van der Waals surface area contributed by atoms with E-state index in [1.54, 1.807) is 0 Å². The number of rotatable bonds is 10. The van der Waals surface area contributed by atoms with Crippen LogP contribution in [0.5, 0.6) is 0 Å². The summed E-state index contributed by atoms with van der Waals surface area (Å²) in [6.07, 6.45) is 0.851. The van der Waals surface area contributed by atoms with Gasteiger partial charge in [0.1, 0.15) is 5.50 Å². The molecule has 21 heavy (non-hydrogen) atoms. The molecule has 0 radical (unpaired) electrons. The first-order valence-electron chi connectivity index (χ1n) is 7.47. The molecule has 0 saturated heterocycles. The third-order valence-corrected chi connectivity index (χ3v) is 6.41. The van der Waals surface area contributed by atoms with E-state index in [1.165, 1.54) is 5.56 Å². The minimum absolute atomic E-state index is 0.456. The number of aryl methyl sites for hydroxylation is 1. The molecule has 0 aliphatic rings. The highest BCUT2D eigenvalue weighted by Gasteiger charge is 2.39. The first-order chi connectivity index (χ1) is 10.1. The number of hydrogen-bond acceptors (Lipinski definition) is 4. The van der Waals surface area contributed by atoms with Crippen molar-refractivity contribution < 1.29 is 13.3 Å². The smallest absolute Gasteiger partial charge is 0.374 e. The minimum atomic E-state index is -2.56. The van der Waals surface area contributed by atoms with E-state index >= 15 is 0 Å². The van der Waals surface area contributed by atoms with Crippen molar-refractivity contribution in [1.82, 2.24) is 0 Å². The molecular formula is C15H26ClNO3Si. The zero-order chi connectivity index (χ0) is 15.7. The van der Waals surface area contributed by atoms with Crippen LogP contribution in [0.15, 0.2) is 24.3 Å². The number of alkyl halides is 1. The SMILES string of the molecule is CCO[Si](CCc1ccc(C(N)Cl)cc1)(OCC)OCC. The Morgan fingerprint density at radius 2 is 1.48 bits per heavy atom. The predicted molar refractivity (Wildman–Crippen MR) is 88.4 cm³/mol. The van der Waals surface area contributed by atoms with Crippen LogP contribution >= 0.6 is 11.6 Å². The monoisotopic (exact) mass is 331 g/mol. The first kappa shape index (κ1) is 18.6. The molecule has 0 bridgehead atoms. The van der Waals surface area contributed by atoms with Crippen molar-refractivity contribution in [1.29, 1.82) is 0 Å². The van der Waals surface area contributed by atoms with Crippen LogP contribution < -0.4 is 5.73 Å². The van der Waals surface area contributed by atoms with Crippen LogP contribution in [0.25, 0.3) is 0 Å². The maximum Gasteiger partial charge on any atom is 0.501 e. The van der Waals surface area contributed by atoms with E-state index in [4.69, 9.17) is 30.6 Å². The Balaban J connectivity index is 2.70. The highest BCUT2D eigenvalue weighted by atomic mass is 35.5. The fourth-order valence-electron chi connectivity index (χ4n) is 2.17. The van der Waals surface area contributed by atoms with Crippen molar-refractivity contribution in [3.8, 4) is 0 Å². The normalized spacial score (nSPS) is 13.4. The molecule has 0 fully saturated rings. The molecule has 0 saturated carbocycles. The van der Waals surface area contributed by atoms with Crippen LogP contribution in [0.4, 0.5) is 0 Å². The Hall–Kier alpha value is -0.433. The van der Waals surface area contributed by atoms with Gasteiger partial charge in [-0.05, 0) is 38.3 Å². The Kier molecular flexibility index (Phi) is 8.47. The lowest BCUT2D eigenvalue weighted by Gasteiger charge is -2.28. The van der Waals surface area contributed by atoms with E-state index in [-0.39, 0.29) is 0 Å². The summed E-state index contributed by atoms with van der Waals surface area (Å²) in [5, 5.41) is 0. The summed E-state index contributed by atoms with van der Waals surface area (Å²) in [7, 11) is -2.56. The fourth-order valence-corrected chi connectivity index (χ4v) is 4.91. The van der Waals surface area contributed by atoms with Crippen LogP contribution in [0, 0.1) is 0 Å². The van der Waals surface area contributed by atoms with Gasteiger partial charge in [0, 0.05) is 25.9 Å². The van der Waals surface area contributed by atoms with Gasteiger partial charge >= 0.3 is 8.80 Å². The van der Waals surface area contributed by atoms with Gasteiger partial charge in [0.15, 0.2) is 0 Å². The third-order valence-electron chi connectivity index (χ3n) is 3.11. The van der Waals surface area contributed by atoms with E-state index < -0.39 is 14.3 Å². The minimum Gasteiger partial charge on any atom is -0.374 e. The zero-order valence-corrected chi connectivity index (χ0v) is 14.9. The topological polar surface area (TPSA) is 53.7 Å². The highest BCUT2D eigenvalue weighted by molar-refractivity contribution is 6.60. The summed E-state index contributed by atoms with van der Waals surface area (Å²) in [5.41, 5.74) is 7.30. The largest absolute Gasteiger partial charge is 0.501 e. The van der Waals surface area contributed by atoms with E-state index in [0.717, 1.165) is 18.0 Å². The lowest BCUT2D eigenvalue weighted by molar-refractivity contribution is 0.0714. The van der Waals surface area contributed by atoms with Crippen LogP contribution in [0.1, 0.15) is 37.4 Å². The third kappa shape index (κ3) is 6.06. The molecule has 120 valence electrons. The molecule has 0 amide bonds. The van der Waals surface area contributed by atoms with Gasteiger partial charge in [0.05, 0.1) is 0 Å². The van der Waals surface area contributed by atoms with Crippen LogP contribution in [-0.2, 0) is 19.7 Å². The van der Waals surface area contributed by atoms with Crippen molar-refractivity contribution in [2.75, 3.05) is 19.8 Å². The Morgan fingerprint density at radius 3 is 1.86 bits per heavy atom. The van der Waals surface area contributed by atoms with Crippen LogP contribution in [0.3, 0.4) is 0 Å². The van der Waals surface area contributed by atoms with Crippen molar-refractivity contribution in [3.05, 3.63) is 35.4 Å². The molecule has 1 aromatic rings. The zero-order valence-electron chi connectivity index (χ0n) is 13.1. The Labute approximate surface area is 133 Å². The molecule has 0 heterocycles. The van der Waals surface area contributed by atoms with E-state index in [9.17, 15) is 0 Å². The summed E-state index contributed by atoms with van der Waals surface area (Å²) in [4.78, 5) is 0. The van der Waals surface area contributed by atoms with Gasteiger partial charge in [-0.2, -0.15) is 0 Å².